The molecule has 2 aromatic carbocycles. The smallest absolute Gasteiger partial charge is 0.231 e. The van der Waals surface area contributed by atoms with Crippen LogP contribution in [-0.2, 0) is 16.8 Å². The molecule has 0 radical (unpaired) electrons. The average molecular weight is 343 g/mol. The van der Waals surface area contributed by atoms with Crippen LogP contribution in [0, 0.1) is 5.82 Å². The van der Waals surface area contributed by atoms with Crippen LogP contribution in [0.4, 0.5) is 4.39 Å². The van der Waals surface area contributed by atoms with Crippen molar-refractivity contribution < 1.29 is 9.18 Å². The minimum absolute atomic E-state index is 0.0346. The van der Waals surface area contributed by atoms with E-state index >= 15 is 0 Å². The average Bonchev–Trinajstić information content (AvgIpc) is 3.28. The van der Waals surface area contributed by atoms with Gasteiger partial charge in [-0.2, -0.15) is 0 Å². The molecule has 1 amide bonds. The van der Waals surface area contributed by atoms with Crippen molar-refractivity contribution in [3.63, 3.8) is 0 Å². The zero-order valence-corrected chi connectivity index (χ0v) is 13.7. The standard InChI is InChI=1S/C19H16ClFN2O/c20-16-4-2-1-3-12(16)10-23-18(24)19(7-8-19)15-11-22-17-6-5-13(21)9-14(15)17/h1-6,9,11,22H,7-8,10H2,(H,23,24). The number of aromatic nitrogens is 1. The first-order valence-corrected chi connectivity index (χ1v) is 8.27. The van der Waals surface area contributed by atoms with E-state index in [2.05, 4.69) is 10.3 Å². The molecule has 4 rings (SSSR count). The molecule has 0 spiro atoms. The summed E-state index contributed by atoms with van der Waals surface area (Å²) < 4.78 is 13.6. The third-order valence-corrected chi connectivity index (χ3v) is 5.11. The fourth-order valence-electron chi connectivity index (χ4n) is 3.22. The van der Waals surface area contributed by atoms with Gasteiger partial charge in [-0.1, -0.05) is 29.8 Å². The highest BCUT2D eigenvalue weighted by Crippen LogP contribution is 2.50. The number of carbonyl (C=O) groups is 1. The van der Waals surface area contributed by atoms with Gasteiger partial charge in [-0.15, -0.1) is 0 Å². The summed E-state index contributed by atoms with van der Waals surface area (Å²) in [5.74, 6) is -0.330. The molecule has 0 unspecified atom stereocenters. The predicted molar refractivity (Wildman–Crippen MR) is 92.5 cm³/mol. The molecular formula is C19H16ClFN2O. The highest BCUT2D eigenvalue weighted by molar-refractivity contribution is 6.31. The second-order valence-corrected chi connectivity index (χ2v) is 6.66. The zero-order valence-electron chi connectivity index (χ0n) is 12.9. The van der Waals surface area contributed by atoms with Gasteiger partial charge in [0.15, 0.2) is 0 Å². The maximum absolute atomic E-state index is 13.6. The summed E-state index contributed by atoms with van der Waals surface area (Å²) in [5.41, 5.74) is 2.03. The van der Waals surface area contributed by atoms with Gasteiger partial charge >= 0.3 is 0 Å². The van der Waals surface area contributed by atoms with Crippen molar-refractivity contribution in [2.75, 3.05) is 0 Å². The molecule has 122 valence electrons. The minimum Gasteiger partial charge on any atom is -0.361 e. The summed E-state index contributed by atoms with van der Waals surface area (Å²) in [6.07, 6.45) is 3.36. The van der Waals surface area contributed by atoms with Gasteiger partial charge < -0.3 is 10.3 Å². The maximum Gasteiger partial charge on any atom is 0.231 e. The van der Waals surface area contributed by atoms with E-state index in [1.807, 2.05) is 24.4 Å². The Kier molecular flexibility index (Phi) is 3.57. The van der Waals surface area contributed by atoms with Gasteiger partial charge in [-0.25, -0.2) is 4.39 Å². The van der Waals surface area contributed by atoms with Crippen molar-refractivity contribution in [1.82, 2.24) is 10.3 Å². The van der Waals surface area contributed by atoms with Crippen molar-refractivity contribution in [2.45, 2.75) is 24.8 Å². The van der Waals surface area contributed by atoms with Crippen molar-refractivity contribution in [1.29, 1.82) is 0 Å². The molecule has 24 heavy (non-hydrogen) atoms. The number of halogens is 2. The van der Waals surface area contributed by atoms with Gasteiger partial charge in [0.25, 0.3) is 0 Å². The van der Waals surface area contributed by atoms with Gasteiger partial charge in [-0.3, -0.25) is 4.79 Å². The van der Waals surface area contributed by atoms with Crippen LogP contribution in [-0.4, -0.2) is 10.9 Å². The Hall–Kier alpha value is -2.33. The van der Waals surface area contributed by atoms with Gasteiger partial charge in [0, 0.05) is 28.7 Å². The van der Waals surface area contributed by atoms with E-state index < -0.39 is 5.41 Å². The number of fused-ring (bicyclic) bond motifs is 1. The number of hydrogen-bond acceptors (Lipinski definition) is 1. The van der Waals surface area contributed by atoms with Crippen LogP contribution in [0.1, 0.15) is 24.0 Å². The molecule has 1 heterocycles. The van der Waals surface area contributed by atoms with Crippen LogP contribution < -0.4 is 5.32 Å². The van der Waals surface area contributed by atoms with E-state index in [9.17, 15) is 9.18 Å². The molecule has 2 N–H and O–H groups in total. The molecule has 1 aromatic heterocycles. The maximum atomic E-state index is 13.6. The van der Waals surface area contributed by atoms with E-state index in [1.54, 1.807) is 12.1 Å². The number of carbonyl (C=O) groups excluding carboxylic acids is 1. The molecule has 3 aromatic rings. The number of hydrogen-bond donors (Lipinski definition) is 2. The second kappa shape index (κ2) is 5.64. The monoisotopic (exact) mass is 342 g/mol. The quantitative estimate of drug-likeness (QED) is 0.729. The van der Waals surface area contributed by atoms with Crippen LogP contribution in [0.5, 0.6) is 0 Å². The number of amides is 1. The summed E-state index contributed by atoms with van der Waals surface area (Å²) in [7, 11) is 0. The topological polar surface area (TPSA) is 44.9 Å². The minimum atomic E-state index is -0.562. The Morgan fingerprint density at radius 2 is 2.04 bits per heavy atom. The van der Waals surface area contributed by atoms with E-state index in [1.165, 1.54) is 12.1 Å². The first-order valence-electron chi connectivity index (χ1n) is 7.89. The fraction of sp³-hybridized carbons (Fsp3) is 0.211. The highest BCUT2D eigenvalue weighted by atomic mass is 35.5. The van der Waals surface area contributed by atoms with Crippen LogP contribution in [0.25, 0.3) is 10.9 Å². The summed E-state index contributed by atoms with van der Waals surface area (Å²) >= 11 is 6.13. The number of aromatic amines is 1. The van der Waals surface area contributed by atoms with E-state index in [0.717, 1.165) is 34.9 Å². The Morgan fingerprint density at radius 3 is 2.79 bits per heavy atom. The Labute approximate surface area is 143 Å². The lowest BCUT2D eigenvalue weighted by molar-refractivity contribution is -0.123. The molecular weight excluding hydrogens is 327 g/mol. The number of nitrogens with one attached hydrogen (secondary N) is 2. The van der Waals surface area contributed by atoms with Crippen LogP contribution in [0.3, 0.4) is 0 Å². The third-order valence-electron chi connectivity index (χ3n) is 4.74. The Balaban J connectivity index is 1.59. The molecule has 5 heteroatoms. The molecule has 1 aliphatic carbocycles. The molecule has 0 bridgehead atoms. The van der Waals surface area contributed by atoms with Crippen LogP contribution in [0.15, 0.2) is 48.7 Å². The van der Waals surface area contributed by atoms with Gasteiger partial charge in [0.1, 0.15) is 5.82 Å². The van der Waals surface area contributed by atoms with Gasteiger partial charge in [-0.05, 0) is 48.2 Å². The normalized spacial score (nSPS) is 15.4. The van der Waals surface area contributed by atoms with Crippen molar-refractivity contribution in [3.8, 4) is 0 Å². The first kappa shape index (κ1) is 15.2. The fourth-order valence-corrected chi connectivity index (χ4v) is 3.42. The van der Waals surface area contributed by atoms with E-state index in [-0.39, 0.29) is 11.7 Å². The largest absolute Gasteiger partial charge is 0.361 e. The number of H-pyrrole nitrogens is 1. The highest BCUT2D eigenvalue weighted by Gasteiger charge is 2.52. The molecule has 1 aliphatic rings. The first-order chi connectivity index (χ1) is 11.6. The number of benzene rings is 2. The zero-order chi connectivity index (χ0) is 16.7. The van der Waals surface area contributed by atoms with Crippen molar-refractivity contribution in [3.05, 3.63) is 70.6 Å². The Bertz CT molecular complexity index is 930. The van der Waals surface area contributed by atoms with Gasteiger partial charge in [0.05, 0.1) is 5.41 Å². The summed E-state index contributed by atoms with van der Waals surface area (Å²) in [4.78, 5) is 15.9. The van der Waals surface area contributed by atoms with Gasteiger partial charge in [0.2, 0.25) is 5.91 Å². The van der Waals surface area contributed by atoms with E-state index in [0.29, 0.717) is 11.6 Å². The van der Waals surface area contributed by atoms with Crippen LogP contribution >= 0.6 is 11.6 Å². The SMILES string of the molecule is O=C(NCc1ccccc1Cl)C1(c2c[nH]c3ccc(F)cc23)CC1. The second-order valence-electron chi connectivity index (χ2n) is 6.25. The van der Waals surface area contributed by atoms with E-state index in [4.69, 9.17) is 11.6 Å². The predicted octanol–water partition coefficient (Wildman–Crippen LogP) is 4.31. The van der Waals surface area contributed by atoms with Crippen molar-refractivity contribution in [2.24, 2.45) is 0 Å². The molecule has 1 fully saturated rings. The molecule has 3 nitrogen and oxygen atoms in total. The Morgan fingerprint density at radius 1 is 1.25 bits per heavy atom. The lowest BCUT2D eigenvalue weighted by Crippen LogP contribution is -2.34. The summed E-state index contributed by atoms with van der Waals surface area (Å²) in [6, 6.07) is 12.1. The van der Waals surface area contributed by atoms with Crippen LogP contribution in [0.2, 0.25) is 5.02 Å². The lowest BCUT2D eigenvalue weighted by atomic mass is 9.94. The third kappa shape index (κ3) is 2.47. The molecule has 0 aliphatic heterocycles. The summed E-state index contributed by atoms with van der Waals surface area (Å²) in [5, 5.41) is 4.39. The molecule has 0 atom stereocenters. The van der Waals surface area contributed by atoms with Crippen molar-refractivity contribution >= 4 is 28.4 Å². The molecule has 1 saturated carbocycles. The summed E-state index contributed by atoms with van der Waals surface area (Å²) in [6.45, 7) is 0.386. The lowest BCUT2D eigenvalue weighted by Gasteiger charge is -2.15. The molecule has 0 saturated heterocycles. The number of rotatable bonds is 4.